The molecule has 0 spiro atoms. The number of benzene rings is 1. The Hall–Kier alpha value is -0.930. The van der Waals surface area contributed by atoms with Crippen LogP contribution < -0.4 is 10.2 Å². The molecule has 0 unspecified atom stereocenters. The van der Waals surface area contributed by atoms with Gasteiger partial charge in [0.2, 0.25) is 0 Å². The molecule has 1 aliphatic heterocycles. The van der Waals surface area contributed by atoms with Crippen LogP contribution in [0.3, 0.4) is 0 Å². The minimum Gasteiger partial charge on any atom is -0.338 e. The van der Waals surface area contributed by atoms with Crippen LogP contribution in [0, 0.1) is 0 Å². The van der Waals surface area contributed by atoms with E-state index in [1.807, 2.05) is 0 Å². The van der Waals surface area contributed by atoms with Gasteiger partial charge in [-0.15, -0.1) is 0 Å². The first-order chi connectivity index (χ1) is 7.18. The van der Waals surface area contributed by atoms with Crippen LogP contribution in [0.5, 0.6) is 0 Å². The summed E-state index contributed by atoms with van der Waals surface area (Å²) in [5, 5.41) is 3.84. The molecule has 0 bridgehead atoms. The number of hydrogen-bond donors (Lipinski definition) is 1. The van der Waals surface area contributed by atoms with Crippen LogP contribution in [-0.2, 0) is 0 Å². The number of halogens is 2. The van der Waals surface area contributed by atoms with Gasteiger partial charge in [0.25, 0.3) is 0 Å². The smallest absolute Gasteiger partial charge is 0.321 e. The van der Waals surface area contributed by atoms with Crippen LogP contribution in [-0.4, -0.2) is 19.1 Å². The third-order valence-electron chi connectivity index (χ3n) is 2.28. The van der Waals surface area contributed by atoms with Crippen molar-refractivity contribution >= 4 is 34.9 Å². The molecule has 1 saturated heterocycles. The Morgan fingerprint density at radius 2 is 2.13 bits per heavy atom. The lowest BCUT2D eigenvalue weighted by atomic mass is 10.2. The van der Waals surface area contributed by atoms with Gasteiger partial charge in [-0.2, -0.15) is 0 Å². The summed E-state index contributed by atoms with van der Waals surface area (Å²) in [6.45, 7) is 1.41. The predicted octanol–water partition coefficient (Wildman–Crippen LogP) is 2.91. The van der Waals surface area contributed by atoms with Crippen molar-refractivity contribution in [3.8, 4) is 0 Å². The fourth-order valence-corrected chi connectivity index (χ4v) is 2.07. The predicted molar refractivity (Wildman–Crippen MR) is 61.8 cm³/mol. The summed E-state index contributed by atoms with van der Waals surface area (Å²) < 4.78 is 0. The zero-order valence-electron chi connectivity index (χ0n) is 7.96. The van der Waals surface area contributed by atoms with Crippen molar-refractivity contribution in [2.45, 2.75) is 6.42 Å². The van der Waals surface area contributed by atoms with Crippen LogP contribution in [0.15, 0.2) is 18.2 Å². The van der Waals surface area contributed by atoms with Gasteiger partial charge in [0.1, 0.15) is 0 Å². The van der Waals surface area contributed by atoms with Crippen molar-refractivity contribution < 1.29 is 4.79 Å². The number of amides is 2. The highest BCUT2D eigenvalue weighted by molar-refractivity contribution is 6.36. The molecule has 0 radical (unpaired) electrons. The van der Waals surface area contributed by atoms with Gasteiger partial charge < -0.3 is 5.32 Å². The van der Waals surface area contributed by atoms with E-state index in [9.17, 15) is 4.79 Å². The second kappa shape index (κ2) is 4.29. The van der Waals surface area contributed by atoms with Gasteiger partial charge in [-0.05, 0) is 24.6 Å². The van der Waals surface area contributed by atoms with E-state index >= 15 is 0 Å². The summed E-state index contributed by atoms with van der Waals surface area (Å²) in [6.07, 6.45) is 0.921. The number of hydrogen-bond acceptors (Lipinski definition) is 1. The van der Waals surface area contributed by atoms with E-state index in [4.69, 9.17) is 23.2 Å². The van der Waals surface area contributed by atoms with E-state index in [-0.39, 0.29) is 6.03 Å². The molecule has 1 fully saturated rings. The topological polar surface area (TPSA) is 32.3 Å². The fraction of sp³-hybridized carbons (Fsp3) is 0.300. The maximum Gasteiger partial charge on any atom is 0.321 e. The molecule has 1 N–H and O–H groups in total. The van der Waals surface area contributed by atoms with E-state index < -0.39 is 0 Å². The molecule has 1 aliphatic rings. The minimum absolute atomic E-state index is 0.106. The largest absolute Gasteiger partial charge is 0.338 e. The van der Waals surface area contributed by atoms with Crippen molar-refractivity contribution in [3.05, 3.63) is 28.2 Å². The highest BCUT2D eigenvalue weighted by atomic mass is 35.5. The molecule has 0 saturated carbocycles. The van der Waals surface area contributed by atoms with Crippen LogP contribution >= 0.6 is 23.2 Å². The lowest BCUT2D eigenvalue weighted by molar-refractivity contribution is 0.243. The van der Waals surface area contributed by atoms with Gasteiger partial charge in [0.15, 0.2) is 0 Å². The highest BCUT2D eigenvalue weighted by Gasteiger charge is 2.20. The Kier molecular flexibility index (Phi) is 3.03. The molecule has 2 amide bonds. The number of rotatable bonds is 1. The summed E-state index contributed by atoms with van der Waals surface area (Å²) in [7, 11) is 0. The highest BCUT2D eigenvalue weighted by Crippen LogP contribution is 2.29. The summed E-state index contributed by atoms with van der Waals surface area (Å²) in [5.74, 6) is 0. The first-order valence-corrected chi connectivity index (χ1v) is 5.44. The average molecular weight is 245 g/mol. The zero-order valence-corrected chi connectivity index (χ0v) is 9.48. The number of carbonyl (C=O) groups is 1. The van der Waals surface area contributed by atoms with E-state index in [1.54, 1.807) is 23.1 Å². The molecule has 15 heavy (non-hydrogen) atoms. The molecule has 5 heteroatoms. The van der Waals surface area contributed by atoms with Crippen LogP contribution in [0.1, 0.15) is 6.42 Å². The second-order valence-electron chi connectivity index (χ2n) is 3.33. The van der Waals surface area contributed by atoms with Crippen molar-refractivity contribution in [2.24, 2.45) is 0 Å². The van der Waals surface area contributed by atoms with E-state index in [0.29, 0.717) is 22.3 Å². The van der Waals surface area contributed by atoms with Gasteiger partial charge in [-0.3, -0.25) is 4.90 Å². The van der Waals surface area contributed by atoms with E-state index in [2.05, 4.69) is 5.32 Å². The Labute approximate surface area is 98.0 Å². The zero-order chi connectivity index (χ0) is 10.8. The summed E-state index contributed by atoms with van der Waals surface area (Å²) >= 11 is 11.8. The standard InChI is InChI=1S/C10H10Cl2N2O/c11-7-2-3-9(8(12)6-7)14-5-1-4-13-10(14)15/h2-3,6H,1,4-5H2,(H,13,15). The van der Waals surface area contributed by atoms with Gasteiger partial charge in [0, 0.05) is 18.1 Å². The molecule has 0 atom stereocenters. The Morgan fingerprint density at radius 3 is 2.80 bits per heavy atom. The Morgan fingerprint density at radius 1 is 1.33 bits per heavy atom. The second-order valence-corrected chi connectivity index (χ2v) is 4.18. The van der Waals surface area contributed by atoms with E-state index in [1.165, 1.54) is 0 Å². The molecular weight excluding hydrogens is 235 g/mol. The molecule has 3 nitrogen and oxygen atoms in total. The summed E-state index contributed by atoms with van der Waals surface area (Å²) in [4.78, 5) is 13.2. The number of carbonyl (C=O) groups excluding carboxylic acids is 1. The van der Waals surface area contributed by atoms with Gasteiger partial charge >= 0.3 is 6.03 Å². The molecule has 0 aliphatic carbocycles. The number of nitrogens with zero attached hydrogens (tertiary/aromatic N) is 1. The molecule has 2 rings (SSSR count). The van der Waals surface area contributed by atoms with Gasteiger partial charge in [-0.1, -0.05) is 23.2 Å². The molecule has 80 valence electrons. The fourth-order valence-electron chi connectivity index (χ4n) is 1.56. The number of urea groups is 1. The Bertz CT molecular complexity index is 395. The van der Waals surface area contributed by atoms with Crippen molar-refractivity contribution in [3.63, 3.8) is 0 Å². The normalized spacial score (nSPS) is 16.4. The van der Waals surface area contributed by atoms with Crippen LogP contribution in [0.2, 0.25) is 10.0 Å². The Balaban J connectivity index is 2.31. The van der Waals surface area contributed by atoms with Gasteiger partial charge in [0.05, 0.1) is 10.7 Å². The van der Waals surface area contributed by atoms with Gasteiger partial charge in [-0.25, -0.2) is 4.79 Å². The van der Waals surface area contributed by atoms with Crippen molar-refractivity contribution in [1.29, 1.82) is 0 Å². The van der Waals surface area contributed by atoms with E-state index in [0.717, 1.165) is 13.0 Å². The lowest BCUT2D eigenvalue weighted by Crippen LogP contribution is -2.46. The monoisotopic (exact) mass is 244 g/mol. The van der Waals surface area contributed by atoms with Crippen LogP contribution in [0.25, 0.3) is 0 Å². The molecule has 1 aromatic carbocycles. The lowest BCUT2D eigenvalue weighted by Gasteiger charge is -2.28. The minimum atomic E-state index is -0.106. The average Bonchev–Trinajstić information content (AvgIpc) is 2.20. The first-order valence-electron chi connectivity index (χ1n) is 4.69. The SMILES string of the molecule is O=C1NCCCN1c1ccc(Cl)cc1Cl. The van der Waals surface area contributed by atoms with Crippen molar-refractivity contribution in [2.75, 3.05) is 18.0 Å². The quantitative estimate of drug-likeness (QED) is 0.810. The third kappa shape index (κ3) is 2.19. The number of anilines is 1. The maximum absolute atomic E-state index is 11.6. The summed E-state index contributed by atoms with van der Waals surface area (Å²) in [5.41, 5.74) is 0.707. The van der Waals surface area contributed by atoms with Crippen LogP contribution in [0.4, 0.5) is 10.5 Å². The molecule has 0 aromatic heterocycles. The third-order valence-corrected chi connectivity index (χ3v) is 2.82. The number of nitrogens with one attached hydrogen (secondary N) is 1. The molecule has 1 aromatic rings. The molecule has 1 heterocycles. The molecular formula is C10H10Cl2N2O. The summed E-state index contributed by atoms with van der Waals surface area (Å²) in [6, 6.07) is 5.02. The van der Waals surface area contributed by atoms with Crippen molar-refractivity contribution in [1.82, 2.24) is 5.32 Å². The first kappa shape index (κ1) is 10.6. The maximum atomic E-state index is 11.6.